The van der Waals surface area contributed by atoms with Crippen LogP contribution in [0.5, 0.6) is 0 Å². The zero-order chi connectivity index (χ0) is 15.4. The van der Waals surface area contributed by atoms with Crippen molar-refractivity contribution >= 4 is 22.3 Å². The van der Waals surface area contributed by atoms with Gasteiger partial charge in [0.1, 0.15) is 0 Å². The third kappa shape index (κ3) is 3.10. The van der Waals surface area contributed by atoms with E-state index in [2.05, 4.69) is 43.0 Å². The Morgan fingerprint density at radius 1 is 1.19 bits per heavy atom. The molecular weight excluding hydrogens is 262 g/mol. The molecule has 0 radical (unpaired) electrons. The highest BCUT2D eigenvalue weighted by atomic mass is 16.4. The van der Waals surface area contributed by atoms with Gasteiger partial charge >= 0.3 is 0 Å². The van der Waals surface area contributed by atoms with Gasteiger partial charge in [-0.05, 0) is 30.4 Å². The topological polar surface area (TPSA) is 61.8 Å². The Morgan fingerprint density at radius 2 is 1.86 bits per heavy atom. The number of fused-ring (bicyclic) bond motifs is 1. The first-order valence-corrected chi connectivity index (χ1v) is 7.33. The maximum Gasteiger partial charge on any atom is 0.170 e. The summed E-state index contributed by atoms with van der Waals surface area (Å²) >= 11 is 0. The van der Waals surface area contributed by atoms with E-state index in [-0.39, 0.29) is 5.84 Å². The molecule has 4 nitrogen and oxygen atoms in total. The van der Waals surface area contributed by atoms with Gasteiger partial charge in [0.15, 0.2) is 5.84 Å². The van der Waals surface area contributed by atoms with Crippen molar-refractivity contribution in [2.24, 2.45) is 16.8 Å². The summed E-state index contributed by atoms with van der Waals surface area (Å²) in [6, 6.07) is 12.1. The Morgan fingerprint density at radius 3 is 2.43 bits per heavy atom. The first kappa shape index (κ1) is 15.2. The van der Waals surface area contributed by atoms with E-state index in [0.717, 1.165) is 29.4 Å². The number of benzene rings is 2. The maximum atomic E-state index is 8.94. The molecule has 0 aliphatic rings. The predicted octanol–water partition coefficient (Wildman–Crippen LogP) is 3.42. The SMILES string of the molecule is CCN(CC(C)C)c1ccc(/C(N)=N/O)c2ccccc12. The number of nitrogens with two attached hydrogens (primary N) is 1. The number of nitrogens with zero attached hydrogens (tertiary/aromatic N) is 2. The normalized spacial score (nSPS) is 12.1. The fourth-order valence-electron chi connectivity index (χ4n) is 2.67. The van der Waals surface area contributed by atoms with Crippen LogP contribution < -0.4 is 10.6 Å². The molecule has 0 bridgehead atoms. The predicted molar refractivity (Wildman–Crippen MR) is 89.2 cm³/mol. The summed E-state index contributed by atoms with van der Waals surface area (Å²) in [6.45, 7) is 8.55. The minimum Gasteiger partial charge on any atom is -0.409 e. The van der Waals surface area contributed by atoms with Crippen LogP contribution >= 0.6 is 0 Å². The summed E-state index contributed by atoms with van der Waals surface area (Å²) in [5, 5.41) is 14.2. The van der Waals surface area contributed by atoms with E-state index in [0.29, 0.717) is 5.92 Å². The van der Waals surface area contributed by atoms with Crippen LogP contribution in [-0.2, 0) is 0 Å². The summed E-state index contributed by atoms with van der Waals surface area (Å²) < 4.78 is 0. The van der Waals surface area contributed by atoms with Crippen molar-refractivity contribution in [1.82, 2.24) is 0 Å². The largest absolute Gasteiger partial charge is 0.409 e. The Balaban J connectivity index is 2.62. The van der Waals surface area contributed by atoms with E-state index < -0.39 is 0 Å². The van der Waals surface area contributed by atoms with Gasteiger partial charge in [-0.1, -0.05) is 43.3 Å². The minimum atomic E-state index is 0.143. The third-order valence-corrected chi connectivity index (χ3v) is 3.59. The molecule has 3 N–H and O–H groups in total. The zero-order valence-corrected chi connectivity index (χ0v) is 12.9. The van der Waals surface area contributed by atoms with E-state index in [9.17, 15) is 0 Å². The molecule has 2 rings (SSSR count). The molecule has 112 valence electrons. The lowest BCUT2D eigenvalue weighted by molar-refractivity contribution is 0.318. The Kier molecular flexibility index (Phi) is 4.68. The van der Waals surface area contributed by atoms with Gasteiger partial charge in [-0.3, -0.25) is 0 Å². The molecule has 2 aromatic carbocycles. The van der Waals surface area contributed by atoms with Gasteiger partial charge in [0.2, 0.25) is 0 Å². The highest BCUT2D eigenvalue weighted by Crippen LogP contribution is 2.30. The average Bonchev–Trinajstić information content (AvgIpc) is 2.50. The van der Waals surface area contributed by atoms with Gasteiger partial charge in [0, 0.05) is 29.7 Å². The smallest absolute Gasteiger partial charge is 0.170 e. The second-order valence-electron chi connectivity index (χ2n) is 5.60. The lowest BCUT2D eigenvalue weighted by Gasteiger charge is -2.27. The van der Waals surface area contributed by atoms with Gasteiger partial charge in [-0.2, -0.15) is 0 Å². The van der Waals surface area contributed by atoms with Crippen molar-refractivity contribution in [1.29, 1.82) is 0 Å². The lowest BCUT2D eigenvalue weighted by atomic mass is 10.0. The maximum absolute atomic E-state index is 8.94. The summed E-state index contributed by atoms with van der Waals surface area (Å²) in [5.74, 6) is 0.733. The van der Waals surface area contributed by atoms with Crippen LogP contribution in [0.3, 0.4) is 0 Å². The van der Waals surface area contributed by atoms with Crippen LogP contribution in [0.2, 0.25) is 0 Å². The van der Waals surface area contributed by atoms with Crippen LogP contribution in [0.15, 0.2) is 41.6 Å². The van der Waals surface area contributed by atoms with Crippen molar-refractivity contribution in [3.63, 3.8) is 0 Å². The molecule has 4 heteroatoms. The van der Waals surface area contributed by atoms with Crippen LogP contribution in [0.25, 0.3) is 10.8 Å². The van der Waals surface area contributed by atoms with Crippen LogP contribution in [-0.4, -0.2) is 24.1 Å². The van der Waals surface area contributed by atoms with Gasteiger partial charge in [0.05, 0.1) is 0 Å². The summed E-state index contributed by atoms with van der Waals surface area (Å²) in [4.78, 5) is 2.36. The standard InChI is InChI=1S/C17H23N3O/c1-4-20(11-12(2)3)16-10-9-15(17(18)19-21)13-7-5-6-8-14(13)16/h5-10,12,21H,4,11H2,1-3H3,(H2,18,19). The number of oxime groups is 1. The lowest BCUT2D eigenvalue weighted by Crippen LogP contribution is -2.27. The molecule has 0 aromatic heterocycles. The molecule has 0 saturated carbocycles. The third-order valence-electron chi connectivity index (χ3n) is 3.59. The van der Waals surface area contributed by atoms with Crippen molar-refractivity contribution in [2.45, 2.75) is 20.8 Å². The Bertz CT molecular complexity index is 650. The number of anilines is 1. The quantitative estimate of drug-likeness (QED) is 0.383. The molecule has 0 heterocycles. The number of rotatable bonds is 5. The van der Waals surface area contributed by atoms with Crippen LogP contribution in [0, 0.1) is 5.92 Å². The second kappa shape index (κ2) is 6.48. The Hall–Kier alpha value is -2.23. The van der Waals surface area contributed by atoms with E-state index >= 15 is 0 Å². The van der Waals surface area contributed by atoms with E-state index in [1.54, 1.807) is 0 Å². The number of amidine groups is 1. The molecular formula is C17H23N3O. The summed E-state index contributed by atoms with van der Waals surface area (Å²) in [6.07, 6.45) is 0. The molecule has 0 aliphatic carbocycles. The fourth-order valence-corrected chi connectivity index (χ4v) is 2.67. The molecule has 0 atom stereocenters. The molecule has 21 heavy (non-hydrogen) atoms. The summed E-state index contributed by atoms with van der Waals surface area (Å²) in [7, 11) is 0. The number of hydrogen-bond acceptors (Lipinski definition) is 3. The molecule has 0 fully saturated rings. The minimum absolute atomic E-state index is 0.143. The highest BCUT2D eigenvalue weighted by molar-refractivity contribution is 6.11. The molecule has 0 spiro atoms. The van der Waals surface area contributed by atoms with E-state index in [1.165, 1.54) is 5.69 Å². The summed E-state index contributed by atoms with van der Waals surface area (Å²) in [5.41, 5.74) is 7.74. The van der Waals surface area contributed by atoms with Gasteiger partial charge in [-0.15, -0.1) is 0 Å². The zero-order valence-electron chi connectivity index (χ0n) is 12.9. The van der Waals surface area contributed by atoms with Gasteiger partial charge in [-0.25, -0.2) is 0 Å². The van der Waals surface area contributed by atoms with Crippen molar-refractivity contribution in [2.75, 3.05) is 18.0 Å². The van der Waals surface area contributed by atoms with E-state index in [4.69, 9.17) is 10.9 Å². The van der Waals surface area contributed by atoms with Crippen molar-refractivity contribution < 1.29 is 5.21 Å². The molecule has 0 unspecified atom stereocenters. The fraction of sp³-hybridized carbons (Fsp3) is 0.353. The molecule has 0 saturated heterocycles. The number of hydrogen-bond donors (Lipinski definition) is 2. The molecule has 2 aromatic rings. The van der Waals surface area contributed by atoms with Crippen LogP contribution in [0.1, 0.15) is 26.3 Å². The first-order chi connectivity index (χ1) is 10.1. The monoisotopic (exact) mass is 285 g/mol. The first-order valence-electron chi connectivity index (χ1n) is 7.33. The van der Waals surface area contributed by atoms with Gasteiger partial charge < -0.3 is 15.8 Å². The van der Waals surface area contributed by atoms with Crippen molar-refractivity contribution in [3.05, 3.63) is 42.0 Å². The Labute approximate surface area is 125 Å². The average molecular weight is 285 g/mol. The highest BCUT2D eigenvalue weighted by Gasteiger charge is 2.13. The molecule has 0 amide bonds. The molecule has 0 aliphatic heterocycles. The van der Waals surface area contributed by atoms with Crippen molar-refractivity contribution in [3.8, 4) is 0 Å². The van der Waals surface area contributed by atoms with Gasteiger partial charge in [0.25, 0.3) is 0 Å². The second-order valence-corrected chi connectivity index (χ2v) is 5.60. The van der Waals surface area contributed by atoms with Crippen LogP contribution in [0.4, 0.5) is 5.69 Å². The van der Waals surface area contributed by atoms with E-state index in [1.807, 2.05) is 24.3 Å².